The number of aromatic nitrogens is 3. The van der Waals surface area contributed by atoms with Gasteiger partial charge in [0.2, 0.25) is 11.1 Å². The molecular formula is C21H21BrN4OS. The van der Waals surface area contributed by atoms with Crippen LogP contribution in [0.1, 0.15) is 12.5 Å². The predicted octanol–water partition coefficient (Wildman–Crippen LogP) is 5.19. The maximum absolute atomic E-state index is 12.4. The lowest BCUT2D eigenvalue weighted by Gasteiger charge is -2.08. The summed E-state index contributed by atoms with van der Waals surface area (Å²) in [6.45, 7) is 6.40. The fourth-order valence-electron chi connectivity index (χ4n) is 2.71. The standard InChI is InChI=1S/C21H21BrN4OS/c1-3-13-26-20(16-9-11-17(22)12-10-16)24-21(25-26)28-14-19(27)23-18-8-6-5-7-15(18)4-2/h3,5-12H,1,4,13-14H2,2H3,(H,23,27). The molecule has 2 aromatic carbocycles. The number of nitrogens with zero attached hydrogens (tertiary/aromatic N) is 3. The normalized spacial score (nSPS) is 10.6. The third-order valence-electron chi connectivity index (χ3n) is 4.06. The first-order valence-electron chi connectivity index (χ1n) is 8.93. The molecule has 0 radical (unpaired) electrons. The molecule has 7 heteroatoms. The Kier molecular flexibility index (Phi) is 7.06. The first-order valence-corrected chi connectivity index (χ1v) is 10.7. The van der Waals surface area contributed by atoms with Gasteiger partial charge in [-0.1, -0.05) is 71.0 Å². The van der Waals surface area contributed by atoms with Crippen LogP contribution in [0.25, 0.3) is 11.4 Å². The van der Waals surface area contributed by atoms with Crippen LogP contribution in [0.2, 0.25) is 0 Å². The van der Waals surface area contributed by atoms with E-state index in [0.29, 0.717) is 11.7 Å². The minimum atomic E-state index is -0.0730. The number of carbonyl (C=O) groups excluding carboxylic acids is 1. The van der Waals surface area contributed by atoms with Gasteiger partial charge in [0.15, 0.2) is 5.82 Å². The quantitative estimate of drug-likeness (QED) is 0.374. The molecular weight excluding hydrogens is 436 g/mol. The first kappa shape index (κ1) is 20.4. The van der Waals surface area contributed by atoms with Gasteiger partial charge in [-0.05, 0) is 30.2 Å². The molecule has 1 amide bonds. The smallest absolute Gasteiger partial charge is 0.234 e. The molecule has 3 aromatic rings. The number of carbonyl (C=O) groups is 1. The van der Waals surface area contributed by atoms with Crippen LogP contribution in [-0.2, 0) is 17.8 Å². The SMILES string of the molecule is C=CCn1nc(SCC(=O)Nc2ccccc2CC)nc1-c1ccc(Br)cc1. The molecule has 0 bridgehead atoms. The maximum atomic E-state index is 12.4. The molecule has 1 aromatic heterocycles. The predicted molar refractivity (Wildman–Crippen MR) is 119 cm³/mol. The summed E-state index contributed by atoms with van der Waals surface area (Å²) < 4.78 is 2.80. The van der Waals surface area contributed by atoms with Gasteiger partial charge >= 0.3 is 0 Å². The third-order valence-corrected chi connectivity index (χ3v) is 5.43. The number of allylic oxidation sites excluding steroid dienone is 1. The second-order valence-electron chi connectivity index (χ2n) is 6.04. The zero-order chi connectivity index (χ0) is 19.9. The number of benzene rings is 2. The first-order chi connectivity index (χ1) is 13.6. The highest BCUT2D eigenvalue weighted by Crippen LogP contribution is 2.24. The summed E-state index contributed by atoms with van der Waals surface area (Å²) in [5, 5.41) is 8.06. The lowest BCUT2D eigenvalue weighted by molar-refractivity contribution is -0.113. The third kappa shape index (κ3) is 5.11. The average molecular weight is 457 g/mol. The summed E-state index contributed by atoms with van der Waals surface area (Å²) >= 11 is 4.76. The molecule has 0 aliphatic carbocycles. The Morgan fingerprint density at radius 2 is 2.00 bits per heavy atom. The van der Waals surface area contributed by atoms with E-state index in [2.05, 4.69) is 44.8 Å². The fourth-order valence-corrected chi connectivity index (χ4v) is 3.62. The zero-order valence-electron chi connectivity index (χ0n) is 15.6. The monoisotopic (exact) mass is 456 g/mol. The maximum Gasteiger partial charge on any atom is 0.234 e. The van der Waals surface area contributed by atoms with Gasteiger partial charge in [-0.2, -0.15) is 0 Å². The molecule has 0 atom stereocenters. The Hall–Kier alpha value is -2.38. The molecule has 28 heavy (non-hydrogen) atoms. The summed E-state index contributed by atoms with van der Waals surface area (Å²) in [7, 11) is 0. The second kappa shape index (κ2) is 9.71. The van der Waals surface area contributed by atoms with Gasteiger partial charge in [0.25, 0.3) is 0 Å². The average Bonchev–Trinajstić information content (AvgIpc) is 3.10. The van der Waals surface area contributed by atoms with Crippen LogP contribution in [0.15, 0.2) is 70.8 Å². The van der Waals surface area contributed by atoms with Crippen molar-refractivity contribution in [3.8, 4) is 11.4 Å². The molecule has 144 valence electrons. The number of nitrogens with one attached hydrogen (secondary N) is 1. The summed E-state index contributed by atoms with van der Waals surface area (Å²) in [5.74, 6) is 0.929. The number of hydrogen-bond acceptors (Lipinski definition) is 4. The largest absolute Gasteiger partial charge is 0.325 e. The van der Waals surface area contributed by atoms with Crippen LogP contribution < -0.4 is 5.32 Å². The van der Waals surface area contributed by atoms with Crippen molar-refractivity contribution in [3.05, 3.63) is 71.2 Å². The van der Waals surface area contributed by atoms with Gasteiger partial charge in [0, 0.05) is 15.7 Å². The molecule has 0 saturated carbocycles. The number of thioether (sulfide) groups is 1. The van der Waals surface area contributed by atoms with Gasteiger partial charge in [0.1, 0.15) is 0 Å². The van der Waals surface area contributed by atoms with E-state index in [9.17, 15) is 4.79 Å². The molecule has 3 rings (SSSR count). The van der Waals surface area contributed by atoms with Crippen molar-refractivity contribution in [2.24, 2.45) is 0 Å². The van der Waals surface area contributed by atoms with Crippen molar-refractivity contribution in [1.29, 1.82) is 0 Å². The molecule has 1 N–H and O–H groups in total. The Morgan fingerprint density at radius 3 is 2.71 bits per heavy atom. The number of halogens is 1. The van der Waals surface area contributed by atoms with Crippen molar-refractivity contribution in [3.63, 3.8) is 0 Å². The van der Waals surface area contributed by atoms with E-state index < -0.39 is 0 Å². The number of anilines is 1. The van der Waals surface area contributed by atoms with Crippen molar-refractivity contribution < 1.29 is 4.79 Å². The van der Waals surface area contributed by atoms with E-state index in [4.69, 9.17) is 0 Å². The zero-order valence-corrected chi connectivity index (χ0v) is 18.0. The van der Waals surface area contributed by atoms with Crippen molar-refractivity contribution in [2.45, 2.75) is 25.0 Å². The summed E-state index contributed by atoms with van der Waals surface area (Å²) in [4.78, 5) is 17.0. The Labute approximate surface area is 177 Å². The van der Waals surface area contributed by atoms with E-state index >= 15 is 0 Å². The molecule has 0 aliphatic rings. The van der Waals surface area contributed by atoms with E-state index in [0.717, 1.165) is 33.5 Å². The topological polar surface area (TPSA) is 59.8 Å². The summed E-state index contributed by atoms with van der Waals surface area (Å²) in [5.41, 5.74) is 2.94. The van der Waals surface area contributed by atoms with Gasteiger partial charge in [-0.25, -0.2) is 9.67 Å². The number of para-hydroxylation sites is 1. The number of rotatable bonds is 8. The highest BCUT2D eigenvalue weighted by atomic mass is 79.9. The van der Waals surface area contributed by atoms with Crippen LogP contribution in [-0.4, -0.2) is 26.4 Å². The van der Waals surface area contributed by atoms with Crippen LogP contribution in [0.3, 0.4) is 0 Å². The van der Waals surface area contributed by atoms with Crippen LogP contribution in [0.4, 0.5) is 5.69 Å². The van der Waals surface area contributed by atoms with Crippen molar-refractivity contribution >= 4 is 39.3 Å². The molecule has 0 unspecified atom stereocenters. The van der Waals surface area contributed by atoms with E-state index in [-0.39, 0.29) is 11.7 Å². The van der Waals surface area contributed by atoms with Gasteiger partial charge in [-0.15, -0.1) is 11.7 Å². The number of hydrogen-bond donors (Lipinski definition) is 1. The Balaban J connectivity index is 1.70. The second-order valence-corrected chi connectivity index (χ2v) is 7.90. The minimum absolute atomic E-state index is 0.0730. The molecule has 0 aliphatic heterocycles. The molecule has 1 heterocycles. The van der Waals surface area contributed by atoms with Gasteiger partial charge in [0.05, 0.1) is 12.3 Å². The minimum Gasteiger partial charge on any atom is -0.325 e. The Bertz CT molecular complexity index is 969. The number of amides is 1. The van der Waals surface area contributed by atoms with Crippen LogP contribution >= 0.6 is 27.7 Å². The molecule has 5 nitrogen and oxygen atoms in total. The molecule has 0 spiro atoms. The van der Waals surface area contributed by atoms with Gasteiger partial charge in [-0.3, -0.25) is 4.79 Å². The number of aryl methyl sites for hydroxylation is 1. The van der Waals surface area contributed by atoms with E-state index in [1.54, 1.807) is 10.8 Å². The van der Waals surface area contributed by atoms with Gasteiger partial charge < -0.3 is 5.32 Å². The van der Waals surface area contributed by atoms with E-state index in [1.165, 1.54) is 11.8 Å². The van der Waals surface area contributed by atoms with E-state index in [1.807, 2.05) is 48.5 Å². The highest BCUT2D eigenvalue weighted by Gasteiger charge is 2.14. The van der Waals surface area contributed by atoms with Crippen molar-refractivity contribution in [2.75, 3.05) is 11.1 Å². The molecule has 0 saturated heterocycles. The summed E-state index contributed by atoms with van der Waals surface area (Å²) in [6.07, 6.45) is 2.65. The summed E-state index contributed by atoms with van der Waals surface area (Å²) in [6, 6.07) is 15.7. The fraction of sp³-hybridized carbons (Fsp3) is 0.190. The van der Waals surface area contributed by atoms with Crippen LogP contribution in [0.5, 0.6) is 0 Å². The highest BCUT2D eigenvalue weighted by molar-refractivity contribution is 9.10. The Morgan fingerprint density at radius 1 is 1.25 bits per heavy atom. The lowest BCUT2D eigenvalue weighted by atomic mass is 10.1. The van der Waals surface area contributed by atoms with Crippen LogP contribution in [0, 0.1) is 0 Å². The molecule has 0 fully saturated rings. The lowest BCUT2D eigenvalue weighted by Crippen LogP contribution is -2.15. The van der Waals surface area contributed by atoms with Crippen molar-refractivity contribution in [1.82, 2.24) is 14.8 Å².